The lowest BCUT2D eigenvalue weighted by atomic mass is 10.1. The second kappa shape index (κ2) is 4.52. The number of rotatable bonds is 4. The fourth-order valence-corrected chi connectivity index (χ4v) is 1.43. The van der Waals surface area contributed by atoms with Gasteiger partial charge in [-0.15, -0.1) is 0 Å². The summed E-state index contributed by atoms with van der Waals surface area (Å²) in [5.74, 6) is 0.0232. The molecule has 16 heavy (non-hydrogen) atoms. The highest BCUT2D eigenvalue weighted by Gasteiger charge is 2.24. The highest BCUT2D eigenvalue weighted by Crippen LogP contribution is 2.13. The summed E-state index contributed by atoms with van der Waals surface area (Å²) < 4.78 is 0. The fourth-order valence-electron chi connectivity index (χ4n) is 1.43. The number of nitrogens with two attached hydrogens (primary N) is 1. The molecular formula is C10H18N4O2. The quantitative estimate of drug-likeness (QED) is 0.684. The van der Waals surface area contributed by atoms with Crippen LogP contribution in [-0.4, -0.2) is 44.8 Å². The topological polar surface area (TPSA) is 95.2 Å². The first-order valence-electron chi connectivity index (χ1n) is 5.15. The molecule has 0 radical (unpaired) electrons. The van der Waals surface area contributed by atoms with Crippen LogP contribution in [0.3, 0.4) is 0 Å². The second-order valence-corrected chi connectivity index (χ2v) is 4.33. The van der Waals surface area contributed by atoms with Crippen LogP contribution < -0.4 is 5.73 Å². The van der Waals surface area contributed by atoms with E-state index >= 15 is 0 Å². The van der Waals surface area contributed by atoms with Gasteiger partial charge in [0, 0.05) is 13.1 Å². The molecule has 0 aliphatic heterocycles. The maximum atomic E-state index is 12.0. The van der Waals surface area contributed by atoms with Crippen molar-refractivity contribution in [3.05, 3.63) is 11.8 Å². The van der Waals surface area contributed by atoms with Gasteiger partial charge in [-0.25, -0.2) is 0 Å². The number of H-pyrrole nitrogens is 1. The predicted molar refractivity (Wildman–Crippen MR) is 60.9 cm³/mol. The lowest BCUT2D eigenvalue weighted by Crippen LogP contribution is -2.42. The van der Waals surface area contributed by atoms with Crippen molar-refractivity contribution in [1.29, 1.82) is 0 Å². The number of nitrogens with one attached hydrogen (secondary N) is 1. The first-order valence-corrected chi connectivity index (χ1v) is 5.15. The Morgan fingerprint density at radius 3 is 2.69 bits per heavy atom. The van der Waals surface area contributed by atoms with Gasteiger partial charge in [-0.3, -0.25) is 9.89 Å². The highest BCUT2D eigenvalue weighted by molar-refractivity contribution is 5.98. The number of hydrogen-bond donors (Lipinski definition) is 3. The van der Waals surface area contributed by atoms with E-state index in [1.54, 1.807) is 13.8 Å². The number of anilines is 1. The number of aliphatic hydroxyl groups is 1. The van der Waals surface area contributed by atoms with Crippen molar-refractivity contribution in [3.63, 3.8) is 0 Å². The van der Waals surface area contributed by atoms with Gasteiger partial charge in [0.15, 0.2) is 0 Å². The molecule has 6 heteroatoms. The van der Waals surface area contributed by atoms with Crippen molar-refractivity contribution in [2.24, 2.45) is 0 Å². The van der Waals surface area contributed by atoms with Crippen LogP contribution in [0.1, 0.15) is 31.1 Å². The minimum Gasteiger partial charge on any atom is -0.389 e. The van der Waals surface area contributed by atoms with Gasteiger partial charge in [0.2, 0.25) is 0 Å². The molecule has 1 heterocycles. The molecule has 1 aromatic heterocycles. The normalized spacial score (nSPS) is 11.5. The summed E-state index contributed by atoms with van der Waals surface area (Å²) in [7, 11) is 0. The number of aromatic amines is 1. The first-order chi connectivity index (χ1) is 7.35. The molecule has 0 saturated carbocycles. The first kappa shape index (κ1) is 12.5. The van der Waals surface area contributed by atoms with E-state index in [1.165, 1.54) is 11.1 Å². The molecule has 0 spiro atoms. The van der Waals surface area contributed by atoms with Crippen molar-refractivity contribution in [2.75, 3.05) is 18.8 Å². The minimum atomic E-state index is -0.926. The van der Waals surface area contributed by atoms with Crippen molar-refractivity contribution in [1.82, 2.24) is 15.1 Å². The number of amides is 1. The van der Waals surface area contributed by atoms with Gasteiger partial charge in [-0.2, -0.15) is 5.10 Å². The summed E-state index contributed by atoms with van der Waals surface area (Å²) in [6.45, 7) is 5.92. The molecule has 0 aliphatic carbocycles. The van der Waals surface area contributed by atoms with Crippen LogP contribution in [0.4, 0.5) is 5.82 Å². The average molecular weight is 226 g/mol. The van der Waals surface area contributed by atoms with Gasteiger partial charge in [0.05, 0.1) is 11.8 Å². The molecule has 6 nitrogen and oxygen atoms in total. The standard InChI is InChI=1S/C10H18N4O2/c1-4-14(6-10(2,3)16)9(15)7-5-12-13-8(7)11/h5,16H,4,6H2,1-3H3,(H3,11,12,13). The van der Waals surface area contributed by atoms with E-state index in [4.69, 9.17) is 5.73 Å². The van der Waals surface area contributed by atoms with Gasteiger partial charge >= 0.3 is 0 Å². The van der Waals surface area contributed by atoms with E-state index in [0.29, 0.717) is 12.1 Å². The lowest BCUT2D eigenvalue weighted by molar-refractivity contribution is 0.0315. The van der Waals surface area contributed by atoms with E-state index in [-0.39, 0.29) is 18.3 Å². The maximum Gasteiger partial charge on any atom is 0.259 e. The van der Waals surface area contributed by atoms with E-state index < -0.39 is 5.60 Å². The van der Waals surface area contributed by atoms with Crippen LogP contribution in [0.25, 0.3) is 0 Å². The van der Waals surface area contributed by atoms with Crippen molar-refractivity contribution in [3.8, 4) is 0 Å². The minimum absolute atomic E-state index is 0.226. The van der Waals surface area contributed by atoms with Crippen molar-refractivity contribution >= 4 is 11.7 Å². The molecule has 0 unspecified atom stereocenters. The second-order valence-electron chi connectivity index (χ2n) is 4.33. The van der Waals surface area contributed by atoms with Gasteiger partial charge < -0.3 is 15.7 Å². The third-order valence-electron chi connectivity index (χ3n) is 2.15. The Kier molecular flexibility index (Phi) is 3.54. The van der Waals surface area contributed by atoms with Gasteiger partial charge in [0.1, 0.15) is 11.4 Å². The Morgan fingerprint density at radius 1 is 1.69 bits per heavy atom. The molecular weight excluding hydrogens is 208 g/mol. The zero-order valence-corrected chi connectivity index (χ0v) is 9.82. The summed E-state index contributed by atoms with van der Waals surface area (Å²) >= 11 is 0. The summed E-state index contributed by atoms with van der Waals surface area (Å²) in [4.78, 5) is 13.5. The Labute approximate surface area is 94.4 Å². The number of carbonyl (C=O) groups is 1. The Balaban J connectivity index is 2.82. The van der Waals surface area contributed by atoms with E-state index in [0.717, 1.165) is 0 Å². The predicted octanol–water partition coefficient (Wildman–Crippen LogP) is 0.225. The number of nitrogen functional groups attached to an aromatic ring is 1. The smallest absolute Gasteiger partial charge is 0.259 e. The molecule has 1 aromatic rings. The molecule has 0 saturated heterocycles. The molecule has 4 N–H and O–H groups in total. The van der Waals surface area contributed by atoms with Gasteiger partial charge in [-0.1, -0.05) is 0 Å². The number of carbonyl (C=O) groups excluding carboxylic acids is 1. The molecule has 0 fully saturated rings. The number of nitrogens with zero attached hydrogens (tertiary/aromatic N) is 2. The van der Waals surface area contributed by atoms with Crippen LogP contribution in [0, 0.1) is 0 Å². The summed E-state index contributed by atoms with van der Waals surface area (Å²) in [6, 6.07) is 0. The van der Waals surface area contributed by atoms with Crippen LogP contribution in [0.15, 0.2) is 6.20 Å². The largest absolute Gasteiger partial charge is 0.389 e. The SMILES string of the molecule is CCN(CC(C)(C)O)C(=O)c1cn[nH]c1N. The molecule has 1 amide bonds. The summed E-state index contributed by atoms with van der Waals surface area (Å²) in [6.07, 6.45) is 1.39. The molecule has 0 aromatic carbocycles. The zero-order chi connectivity index (χ0) is 12.3. The Hall–Kier alpha value is -1.56. The molecule has 1 rings (SSSR count). The van der Waals surface area contributed by atoms with Gasteiger partial charge in [0.25, 0.3) is 5.91 Å². The van der Waals surface area contributed by atoms with E-state index in [9.17, 15) is 9.90 Å². The van der Waals surface area contributed by atoms with Crippen LogP contribution in [0.5, 0.6) is 0 Å². The van der Waals surface area contributed by atoms with Gasteiger partial charge in [-0.05, 0) is 20.8 Å². The fraction of sp³-hybridized carbons (Fsp3) is 0.600. The van der Waals surface area contributed by atoms with Crippen molar-refractivity contribution in [2.45, 2.75) is 26.4 Å². The number of hydrogen-bond acceptors (Lipinski definition) is 4. The van der Waals surface area contributed by atoms with Crippen LogP contribution in [-0.2, 0) is 0 Å². The number of aromatic nitrogens is 2. The Bertz CT molecular complexity index is 367. The number of likely N-dealkylation sites (N-methyl/N-ethyl adjacent to an activating group) is 1. The molecule has 0 aliphatic rings. The third-order valence-corrected chi connectivity index (χ3v) is 2.15. The lowest BCUT2D eigenvalue weighted by Gasteiger charge is -2.27. The maximum absolute atomic E-state index is 12.0. The molecule has 90 valence electrons. The average Bonchev–Trinajstić information content (AvgIpc) is 2.58. The third kappa shape index (κ3) is 2.96. The van der Waals surface area contributed by atoms with Crippen LogP contribution in [0.2, 0.25) is 0 Å². The van der Waals surface area contributed by atoms with Crippen LogP contribution >= 0.6 is 0 Å². The van der Waals surface area contributed by atoms with Crippen molar-refractivity contribution < 1.29 is 9.90 Å². The molecule has 0 atom stereocenters. The zero-order valence-electron chi connectivity index (χ0n) is 9.82. The highest BCUT2D eigenvalue weighted by atomic mass is 16.3. The summed E-state index contributed by atoms with van der Waals surface area (Å²) in [5, 5.41) is 15.9. The Morgan fingerprint density at radius 2 is 2.31 bits per heavy atom. The van der Waals surface area contributed by atoms with E-state index in [2.05, 4.69) is 10.2 Å². The summed E-state index contributed by atoms with van der Waals surface area (Å²) in [5.41, 5.74) is 4.98. The molecule has 0 bridgehead atoms. The monoisotopic (exact) mass is 226 g/mol. The van der Waals surface area contributed by atoms with E-state index in [1.807, 2.05) is 6.92 Å².